The van der Waals surface area contributed by atoms with Crippen molar-refractivity contribution in [3.63, 3.8) is 0 Å². The van der Waals surface area contributed by atoms with Gasteiger partial charge in [0.2, 0.25) is 10.0 Å². The van der Waals surface area contributed by atoms with E-state index in [1.54, 1.807) is 23.1 Å². The molecule has 1 aromatic rings. The predicted octanol–water partition coefficient (Wildman–Crippen LogP) is 1.02. The second-order valence-corrected chi connectivity index (χ2v) is 8.09. The third-order valence-electron chi connectivity index (χ3n) is 4.43. The normalized spacial score (nSPS) is 18.4. The van der Waals surface area contributed by atoms with E-state index in [2.05, 4.69) is 0 Å². The van der Waals surface area contributed by atoms with Crippen LogP contribution in [0.4, 0.5) is 5.69 Å². The third-order valence-corrected chi connectivity index (χ3v) is 6.32. The number of fused-ring (bicyclic) bond motifs is 1. The number of benzene rings is 1. The summed E-state index contributed by atoms with van der Waals surface area (Å²) in [5.41, 5.74) is 1.67. The Balaban J connectivity index is 1.76. The number of amides is 1. The number of hydrogen-bond acceptors (Lipinski definition) is 5. The van der Waals surface area contributed by atoms with Crippen LogP contribution in [0.15, 0.2) is 23.1 Å². The minimum atomic E-state index is -3.51. The van der Waals surface area contributed by atoms with Gasteiger partial charge in [-0.15, -0.1) is 0 Å². The van der Waals surface area contributed by atoms with Gasteiger partial charge < -0.3 is 14.4 Å². The van der Waals surface area contributed by atoms with Crippen molar-refractivity contribution in [2.75, 3.05) is 51.0 Å². The van der Waals surface area contributed by atoms with Crippen LogP contribution in [0.25, 0.3) is 0 Å². The summed E-state index contributed by atoms with van der Waals surface area (Å²) in [7, 11) is -3.51. The Bertz CT molecular complexity index is 729. The molecule has 25 heavy (non-hydrogen) atoms. The summed E-state index contributed by atoms with van der Waals surface area (Å²) < 4.78 is 37.5. The van der Waals surface area contributed by atoms with Crippen molar-refractivity contribution in [2.24, 2.45) is 0 Å². The first-order chi connectivity index (χ1) is 12.0. The minimum Gasteiger partial charge on any atom is -0.379 e. The molecule has 2 heterocycles. The molecule has 0 saturated carbocycles. The SMILES string of the molecule is CCCOCC(=O)N1CCc2cc(S(=O)(=O)N3CCOCC3)ccc21. The van der Waals surface area contributed by atoms with Crippen molar-refractivity contribution in [1.82, 2.24) is 4.31 Å². The van der Waals surface area contributed by atoms with E-state index in [9.17, 15) is 13.2 Å². The lowest BCUT2D eigenvalue weighted by Gasteiger charge is -2.26. The second kappa shape index (κ2) is 7.82. The fourth-order valence-corrected chi connectivity index (χ4v) is 4.57. The molecule has 1 saturated heterocycles. The maximum Gasteiger partial charge on any atom is 0.252 e. The van der Waals surface area contributed by atoms with Crippen LogP contribution in [0.3, 0.4) is 0 Å². The van der Waals surface area contributed by atoms with Gasteiger partial charge in [-0.2, -0.15) is 4.31 Å². The summed E-state index contributed by atoms with van der Waals surface area (Å²) in [6.07, 6.45) is 1.52. The highest BCUT2D eigenvalue weighted by Crippen LogP contribution is 2.31. The van der Waals surface area contributed by atoms with E-state index >= 15 is 0 Å². The van der Waals surface area contributed by atoms with Crippen LogP contribution in [0.2, 0.25) is 0 Å². The molecule has 8 heteroatoms. The van der Waals surface area contributed by atoms with Gasteiger partial charge in [0.25, 0.3) is 5.91 Å². The Hall–Kier alpha value is -1.48. The smallest absolute Gasteiger partial charge is 0.252 e. The monoisotopic (exact) mass is 368 g/mol. The Labute approximate surface area is 148 Å². The summed E-state index contributed by atoms with van der Waals surface area (Å²) in [6, 6.07) is 5.01. The maximum absolute atomic E-state index is 12.7. The van der Waals surface area contributed by atoms with Crippen molar-refractivity contribution in [1.29, 1.82) is 0 Å². The van der Waals surface area contributed by atoms with Crippen molar-refractivity contribution >= 4 is 21.6 Å². The largest absolute Gasteiger partial charge is 0.379 e. The van der Waals surface area contributed by atoms with Gasteiger partial charge in [-0.1, -0.05) is 6.92 Å². The fraction of sp³-hybridized carbons (Fsp3) is 0.588. The molecule has 0 bridgehead atoms. The zero-order chi connectivity index (χ0) is 17.9. The number of nitrogens with zero attached hydrogens (tertiary/aromatic N) is 2. The van der Waals surface area contributed by atoms with E-state index in [4.69, 9.17) is 9.47 Å². The lowest BCUT2D eigenvalue weighted by atomic mass is 10.2. The first kappa shape index (κ1) is 18.3. The van der Waals surface area contributed by atoms with Crippen LogP contribution in [-0.2, 0) is 30.7 Å². The molecule has 0 atom stereocenters. The van der Waals surface area contributed by atoms with Crippen LogP contribution in [0.1, 0.15) is 18.9 Å². The number of ether oxygens (including phenoxy) is 2. The van der Waals surface area contributed by atoms with Gasteiger partial charge in [-0.25, -0.2) is 8.42 Å². The molecular weight excluding hydrogens is 344 g/mol. The molecule has 0 N–H and O–H groups in total. The molecule has 1 aromatic carbocycles. The number of carbonyl (C=O) groups excluding carboxylic acids is 1. The third kappa shape index (κ3) is 3.87. The van der Waals surface area contributed by atoms with Crippen molar-refractivity contribution in [3.8, 4) is 0 Å². The fourth-order valence-electron chi connectivity index (χ4n) is 3.12. The van der Waals surface area contributed by atoms with Crippen LogP contribution >= 0.6 is 0 Å². The number of morpholine rings is 1. The van der Waals surface area contributed by atoms with E-state index in [0.29, 0.717) is 45.9 Å². The Morgan fingerprint density at radius 1 is 1.24 bits per heavy atom. The average molecular weight is 368 g/mol. The van der Waals surface area contributed by atoms with Gasteiger partial charge >= 0.3 is 0 Å². The second-order valence-electron chi connectivity index (χ2n) is 6.15. The first-order valence-electron chi connectivity index (χ1n) is 8.63. The number of sulfonamides is 1. The molecule has 0 unspecified atom stereocenters. The molecule has 138 valence electrons. The van der Waals surface area contributed by atoms with Crippen molar-refractivity contribution in [3.05, 3.63) is 23.8 Å². The molecule has 1 fully saturated rings. The lowest BCUT2D eigenvalue weighted by molar-refractivity contribution is -0.123. The summed E-state index contributed by atoms with van der Waals surface area (Å²) in [5, 5.41) is 0. The van der Waals surface area contributed by atoms with Gasteiger partial charge in [-0.3, -0.25) is 4.79 Å². The molecule has 1 amide bonds. The summed E-state index contributed by atoms with van der Waals surface area (Å²) >= 11 is 0. The average Bonchev–Trinajstić information content (AvgIpc) is 3.06. The molecule has 3 rings (SSSR count). The Morgan fingerprint density at radius 3 is 2.72 bits per heavy atom. The number of carbonyl (C=O) groups is 1. The number of anilines is 1. The Kier molecular flexibility index (Phi) is 5.73. The van der Waals surface area contributed by atoms with E-state index in [1.165, 1.54) is 4.31 Å². The van der Waals surface area contributed by atoms with Crippen LogP contribution in [0, 0.1) is 0 Å². The van der Waals surface area contributed by atoms with Gasteiger partial charge in [-0.05, 0) is 36.6 Å². The van der Waals surface area contributed by atoms with Gasteiger partial charge in [0, 0.05) is 31.9 Å². The van der Waals surface area contributed by atoms with Crippen LogP contribution < -0.4 is 4.90 Å². The topological polar surface area (TPSA) is 76.2 Å². The van der Waals surface area contributed by atoms with Gasteiger partial charge in [0.05, 0.1) is 18.1 Å². The predicted molar refractivity (Wildman–Crippen MR) is 93.2 cm³/mol. The lowest BCUT2D eigenvalue weighted by Crippen LogP contribution is -2.40. The molecule has 0 spiro atoms. The van der Waals surface area contributed by atoms with E-state index in [0.717, 1.165) is 17.7 Å². The molecule has 0 radical (unpaired) electrons. The van der Waals surface area contributed by atoms with Gasteiger partial charge in [0.15, 0.2) is 0 Å². The van der Waals surface area contributed by atoms with E-state index < -0.39 is 10.0 Å². The van der Waals surface area contributed by atoms with Crippen molar-refractivity contribution in [2.45, 2.75) is 24.7 Å². The van der Waals surface area contributed by atoms with Crippen LogP contribution in [0.5, 0.6) is 0 Å². The van der Waals surface area contributed by atoms with Crippen LogP contribution in [-0.4, -0.2) is 64.7 Å². The Morgan fingerprint density at radius 2 is 2.00 bits per heavy atom. The summed E-state index contributed by atoms with van der Waals surface area (Å²) in [6.45, 7) is 4.76. The quantitative estimate of drug-likeness (QED) is 0.701. The van der Waals surface area contributed by atoms with Crippen molar-refractivity contribution < 1.29 is 22.7 Å². The van der Waals surface area contributed by atoms with Gasteiger partial charge in [0.1, 0.15) is 6.61 Å². The highest BCUT2D eigenvalue weighted by atomic mass is 32.2. The highest BCUT2D eigenvalue weighted by Gasteiger charge is 2.30. The number of hydrogen-bond donors (Lipinski definition) is 0. The maximum atomic E-state index is 12.7. The standard InChI is InChI=1S/C17H24N2O5S/c1-2-9-24-13-17(20)19-6-5-14-12-15(3-4-16(14)19)25(21,22)18-7-10-23-11-8-18/h3-4,12H,2,5-11,13H2,1H3. The molecule has 2 aliphatic rings. The zero-order valence-corrected chi connectivity index (χ0v) is 15.3. The minimum absolute atomic E-state index is 0.0567. The zero-order valence-electron chi connectivity index (χ0n) is 14.4. The molecule has 0 aromatic heterocycles. The van der Waals surface area contributed by atoms with E-state index in [-0.39, 0.29) is 17.4 Å². The molecule has 0 aliphatic carbocycles. The first-order valence-corrected chi connectivity index (χ1v) is 10.1. The highest BCUT2D eigenvalue weighted by molar-refractivity contribution is 7.89. The summed E-state index contributed by atoms with van der Waals surface area (Å²) in [5.74, 6) is -0.0870. The molecular formula is C17H24N2O5S. The van der Waals surface area contributed by atoms with E-state index in [1.807, 2.05) is 6.92 Å². The summed E-state index contributed by atoms with van der Waals surface area (Å²) in [4.78, 5) is 14.2. The molecule has 2 aliphatic heterocycles. The molecule has 7 nitrogen and oxygen atoms in total. The number of rotatable bonds is 6.